The van der Waals surface area contributed by atoms with Crippen molar-refractivity contribution in [1.29, 1.82) is 0 Å². The lowest BCUT2D eigenvalue weighted by molar-refractivity contribution is -0.146. The number of aryl methyl sites for hydroxylation is 1. The molecule has 1 N–H and O–H groups in total. The molecule has 2 aromatic heterocycles. The molecule has 0 radical (unpaired) electrons. The van der Waals surface area contributed by atoms with Crippen molar-refractivity contribution in [2.75, 3.05) is 11.5 Å². The number of aromatic nitrogens is 5. The monoisotopic (exact) mass is 686 g/mol. The summed E-state index contributed by atoms with van der Waals surface area (Å²) in [4.78, 5) is 29.5. The number of rotatable bonds is 9. The second-order valence-electron chi connectivity index (χ2n) is 13.2. The second kappa shape index (κ2) is 12.3. The Bertz CT molecular complexity index is 2070. The van der Waals surface area contributed by atoms with Crippen LogP contribution in [0.25, 0.3) is 16.5 Å². The van der Waals surface area contributed by atoms with Gasteiger partial charge in [0.1, 0.15) is 0 Å². The predicted octanol–water partition coefficient (Wildman–Crippen LogP) is 5.58. The number of hydrogen-bond acceptors (Lipinski definition) is 7. The molecular formula is C35H36ClFN6O4Si. The fraction of sp³-hybridized carbons (Fsp3) is 0.343. The Labute approximate surface area is 282 Å². The van der Waals surface area contributed by atoms with Crippen molar-refractivity contribution in [3.05, 3.63) is 111 Å². The summed E-state index contributed by atoms with van der Waals surface area (Å²) in [5.41, 5.74) is 1.35. The quantitative estimate of drug-likeness (QED) is 0.159. The predicted molar refractivity (Wildman–Crippen MR) is 183 cm³/mol. The Morgan fingerprint density at radius 3 is 2.60 bits per heavy atom. The lowest BCUT2D eigenvalue weighted by Crippen LogP contribution is -2.45. The Balaban J connectivity index is 1.19. The van der Waals surface area contributed by atoms with E-state index in [0.29, 0.717) is 52.4 Å². The molecule has 4 atom stereocenters. The van der Waals surface area contributed by atoms with E-state index in [1.807, 2.05) is 55.5 Å². The number of amides is 1. The highest BCUT2D eigenvalue weighted by molar-refractivity contribution is 6.72. The zero-order valence-corrected chi connectivity index (χ0v) is 28.6. The molecule has 13 heteroatoms. The van der Waals surface area contributed by atoms with Crippen molar-refractivity contribution in [2.45, 2.75) is 63.2 Å². The molecule has 0 aliphatic carbocycles. The first-order chi connectivity index (χ1) is 23.0. The molecule has 4 heterocycles. The average molecular weight is 687 g/mol. The van der Waals surface area contributed by atoms with Crippen LogP contribution < -0.4 is 10.5 Å². The topological polar surface area (TPSA) is 115 Å². The standard InChI is InChI=1S/C35H36ClFN6O4Si/c1-22-32(48(2,3)37)31(14-16-41-21-26(15-17-44)39-40-41)47-35(22)29-18-25(36)10-13-30(29)42(34(35)46)20-23-8-11-27(12-9-23)43-33(45)28-7-5-4-6-24(28)19-38-43/h4-13,18-19,21-22,31-32,44H,14-17,20H2,1-3H3/t22-,31+,32-,35+/m1/s1. The normalized spacial score (nSPS) is 22.2. The minimum atomic E-state index is -3.35. The number of hydrogen-bond donors (Lipinski definition) is 1. The van der Waals surface area contributed by atoms with Gasteiger partial charge in [0.15, 0.2) is 5.60 Å². The molecule has 248 valence electrons. The molecule has 0 unspecified atom stereocenters. The molecule has 2 aliphatic heterocycles. The van der Waals surface area contributed by atoms with Gasteiger partial charge >= 0.3 is 0 Å². The Hall–Kier alpha value is -4.23. The van der Waals surface area contributed by atoms with E-state index in [9.17, 15) is 14.7 Å². The number of carbonyl (C=O) groups is 1. The smallest absolute Gasteiger partial charge is 0.279 e. The molecule has 0 bridgehead atoms. The molecule has 10 nitrogen and oxygen atoms in total. The van der Waals surface area contributed by atoms with Crippen LogP contribution in [0, 0.1) is 5.92 Å². The third-order valence-electron chi connectivity index (χ3n) is 9.74. The molecule has 1 fully saturated rings. The molecular weight excluding hydrogens is 651 g/mol. The summed E-state index contributed by atoms with van der Waals surface area (Å²) >= 11 is 6.52. The van der Waals surface area contributed by atoms with Gasteiger partial charge in [0.2, 0.25) is 8.41 Å². The molecule has 7 rings (SSSR count). The third kappa shape index (κ3) is 5.46. The van der Waals surface area contributed by atoms with Crippen LogP contribution in [-0.4, -0.2) is 56.9 Å². The fourth-order valence-corrected chi connectivity index (χ4v) is 10.3. The van der Waals surface area contributed by atoms with Crippen LogP contribution >= 0.6 is 11.6 Å². The molecule has 48 heavy (non-hydrogen) atoms. The highest BCUT2D eigenvalue weighted by Gasteiger charge is 2.66. The first-order valence-corrected chi connectivity index (χ1v) is 19.4. The number of aliphatic hydroxyl groups is 1. The summed E-state index contributed by atoms with van der Waals surface area (Å²) in [6, 6.07) is 20.0. The van der Waals surface area contributed by atoms with Crippen LogP contribution in [0.15, 0.2) is 83.9 Å². The van der Waals surface area contributed by atoms with E-state index in [0.717, 1.165) is 10.9 Å². The van der Waals surface area contributed by atoms with E-state index < -0.39 is 31.6 Å². The van der Waals surface area contributed by atoms with Crippen LogP contribution in [0.3, 0.4) is 0 Å². The molecule has 5 aromatic rings. The Morgan fingerprint density at radius 1 is 1.08 bits per heavy atom. The zero-order chi connectivity index (χ0) is 33.8. The van der Waals surface area contributed by atoms with Gasteiger partial charge in [-0.2, -0.15) is 9.78 Å². The first kappa shape index (κ1) is 32.3. The Kier molecular flexibility index (Phi) is 8.31. The van der Waals surface area contributed by atoms with Gasteiger partial charge in [0.05, 0.1) is 41.3 Å². The van der Waals surface area contributed by atoms with Crippen molar-refractivity contribution in [3.63, 3.8) is 0 Å². The SMILES string of the molecule is C[C@@H]1[C@@H]([Si](C)(C)F)[C@H](CCn2cc(CCO)nn2)O[C@@]12C(=O)N(Cc1ccc(-n3ncc4ccccc4c3=O)cc1)c1ccc(Cl)cc12. The fourth-order valence-electron chi connectivity index (χ4n) is 7.58. The van der Waals surface area contributed by atoms with E-state index in [-0.39, 0.29) is 24.6 Å². The summed E-state index contributed by atoms with van der Waals surface area (Å²) in [5.74, 6) is -0.710. The van der Waals surface area contributed by atoms with Gasteiger partial charge in [-0.3, -0.25) is 14.3 Å². The number of aliphatic hydroxyl groups excluding tert-OH is 1. The lowest BCUT2D eigenvalue weighted by Gasteiger charge is -2.31. The van der Waals surface area contributed by atoms with Gasteiger partial charge in [-0.15, -0.1) is 5.10 Å². The van der Waals surface area contributed by atoms with E-state index in [4.69, 9.17) is 16.3 Å². The van der Waals surface area contributed by atoms with E-state index >= 15 is 4.11 Å². The van der Waals surface area contributed by atoms with Crippen LogP contribution in [0.5, 0.6) is 0 Å². The van der Waals surface area contributed by atoms with Gasteiger partial charge in [-0.05, 0) is 61.5 Å². The van der Waals surface area contributed by atoms with E-state index in [1.165, 1.54) is 4.68 Å². The van der Waals surface area contributed by atoms with E-state index in [1.54, 1.807) is 53.3 Å². The molecule has 2 aliphatic rings. The summed E-state index contributed by atoms with van der Waals surface area (Å²) in [6.07, 6.45) is 3.73. The zero-order valence-electron chi connectivity index (χ0n) is 26.9. The molecule has 0 saturated carbocycles. The largest absolute Gasteiger partial charge is 0.396 e. The van der Waals surface area contributed by atoms with Crippen LogP contribution in [0.4, 0.5) is 9.80 Å². The number of anilines is 1. The van der Waals surface area contributed by atoms with E-state index in [2.05, 4.69) is 15.4 Å². The number of fused-ring (bicyclic) bond motifs is 3. The van der Waals surface area contributed by atoms with Crippen LogP contribution in [-0.2, 0) is 34.6 Å². The average Bonchev–Trinajstić information content (AvgIpc) is 3.71. The molecule has 1 spiro atoms. The molecule has 1 amide bonds. The molecule has 1 saturated heterocycles. The maximum atomic E-state index is 16.2. The van der Waals surface area contributed by atoms with Gasteiger partial charge in [0, 0.05) is 53.2 Å². The second-order valence-corrected chi connectivity index (χ2v) is 17.4. The maximum absolute atomic E-state index is 16.2. The third-order valence-corrected chi connectivity index (χ3v) is 12.4. The lowest BCUT2D eigenvalue weighted by atomic mass is 9.82. The van der Waals surface area contributed by atoms with Crippen molar-refractivity contribution in [3.8, 4) is 5.69 Å². The van der Waals surface area contributed by atoms with Crippen molar-refractivity contribution >= 4 is 42.4 Å². The van der Waals surface area contributed by atoms with Crippen molar-refractivity contribution < 1.29 is 18.7 Å². The maximum Gasteiger partial charge on any atom is 0.279 e. The summed E-state index contributed by atoms with van der Waals surface area (Å²) < 4.78 is 26.1. The molecule has 3 aromatic carbocycles. The summed E-state index contributed by atoms with van der Waals surface area (Å²) in [5, 5.41) is 23.7. The highest BCUT2D eigenvalue weighted by atomic mass is 35.5. The number of halogens is 2. The number of nitrogens with zero attached hydrogens (tertiary/aromatic N) is 6. The van der Waals surface area contributed by atoms with Crippen LogP contribution in [0.1, 0.15) is 30.2 Å². The van der Waals surface area contributed by atoms with Gasteiger partial charge < -0.3 is 18.9 Å². The number of ether oxygens (including phenoxy) is 1. The number of benzene rings is 3. The van der Waals surface area contributed by atoms with Crippen LogP contribution in [0.2, 0.25) is 23.7 Å². The summed E-state index contributed by atoms with van der Waals surface area (Å²) in [7, 11) is -3.35. The minimum absolute atomic E-state index is 0.0272. The van der Waals surface area contributed by atoms with Gasteiger partial charge in [0.25, 0.3) is 11.5 Å². The van der Waals surface area contributed by atoms with Gasteiger partial charge in [-0.1, -0.05) is 54.1 Å². The summed E-state index contributed by atoms with van der Waals surface area (Å²) in [6.45, 7) is 5.90. The Morgan fingerprint density at radius 2 is 1.85 bits per heavy atom. The highest BCUT2D eigenvalue weighted by Crippen LogP contribution is 2.60. The van der Waals surface area contributed by atoms with Crippen molar-refractivity contribution in [1.82, 2.24) is 24.8 Å². The first-order valence-electron chi connectivity index (χ1n) is 16.1. The van der Waals surface area contributed by atoms with Gasteiger partial charge in [-0.25, -0.2) is 0 Å². The number of carbonyl (C=O) groups excluding carboxylic acids is 1. The van der Waals surface area contributed by atoms with Crippen molar-refractivity contribution in [2.24, 2.45) is 5.92 Å². The minimum Gasteiger partial charge on any atom is -0.396 e.